The third-order valence-corrected chi connectivity index (χ3v) is 5.89. The first-order valence-electron chi connectivity index (χ1n) is 9.05. The molecule has 3 fully saturated rings. The highest BCUT2D eigenvalue weighted by molar-refractivity contribution is 6.01. The van der Waals surface area contributed by atoms with Crippen molar-refractivity contribution in [3.63, 3.8) is 0 Å². The average Bonchev–Trinajstić information content (AvgIpc) is 3.13. The van der Waals surface area contributed by atoms with Crippen molar-refractivity contribution in [3.8, 4) is 0 Å². The molecule has 130 valence electrons. The van der Waals surface area contributed by atoms with Crippen molar-refractivity contribution in [2.45, 2.75) is 25.7 Å². The van der Waals surface area contributed by atoms with Crippen LogP contribution in [0.5, 0.6) is 0 Å². The molecular formula is C19H27N3O2. The second kappa shape index (κ2) is 6.20. The number of nitrogens with zero attached hydrogens (tertiary/aromatic N) is 2. The lowest BCUT2D eigenvalue weighted by atomic mass is 9.90. The summed E-state index contributed by atoms with van der Waals surface area (Å²) in [5.74, 6) is 1.04. The minimum Gasteiger partial charge on any atom is -0.371 e. The molecule has 0 radical (unpaired) electrons. The van der Waals surface area contributed by atoms with Gasteiger partial charge < -0.3 is 9.80 Å². The number of hydrogen-bond donors (Lipinski definition) is 1. The topological polar surface area (TPSA) is 52.6 Å². The van der Waals surface area contributed by atoms with E-state index < -0.39 is 0 Å². The summed E-state index contributed by atoms with van der Waals surface area (Å²) in [6.07, 6.45) is 1.05. The van der Waals surface area contributed by atoms with Crippen molar-refractivity contribution in [1.82, 2.24) is 10.2 Å². The van der Waals surface area contributed by atoms with Gasteiger partial charge in [0.05, 0.1) is 5.92 Å². The van der Waals surface area contributed by atoms with Crippen molar-refractivity contribution >= 4 is 17.5 Å². The van der Waals surface area contributed by atoms with Gasteiger partial charge in [0.2, 0.25) is 11.8 Å². The first kappa shape index (κ1) is 15.6. The van der Waals surface area contributed by atoms with Gasteiger partial charge in [0.25, 0.3) is 0 Å². The second-order valence-corrected chi connectivity index (χ2v) is 7.38. The van der Waals surface area contributed by atoms with Crippen LogP contribution in [-0.4, -0.2) is 49.4 Å². The fourth-order valence-electron chi connectivity index (χ4n) is 4.51. The molecule has 0 aliphatic carbocycles. The maximum absolute atomic E-state index is 12.1. The van der Waals surface area contributed by atoms with Crippen LogP contribution in [0.2, 0.25) is 0 Å². The van der Waals surface area contributed by atoms with Gasteiger partial charge in [-0.3, -0.25) is 14.9 Å². The maximum atomic E-state index is 12.1. The van der Waals surface area contributed by atoms with Crippen LogP contribution in [0.15, 0.2) is 24.3 Å². The van der Waals surface area contributed by atoms with Crippen LogP contribution in [0.25, 0.3) is 0 Å². The number of piperidine rings is 1. The average molecular weight is 329 g/mol. The Balaban J connectivity index is 0.00000182. The lowest BCUT2D eigenvalue weighted by molar-refractivity contribution is -0.134. The number of imide groups is 1. The molecule has 1 N–H and O–H groups in total. The van der Waals surface area contributed by atoms with Crippen LogP contribution in [0, 0.1) is 11.8 Å². The largest absolute Gasteiger partial charge is 0.371 e. The number of rotatable bonds is 3. The number of carbonyl (C=O) groups is 2. The monoisotopic (exact) mass is 329 g/mol. The molecule has 2 amide bonds. The molecule has 5 heteroatoms. The summed E-state index contributed by atoms with van der Waals surface area (Å²) in [5, 5.41) is 2.46. The van der Waals surface area contributed by atoms with Crippen molar-refractivity contribution in [2.24, 2.45) is 11.8 Å². The molecule has 3 atom stereocenters. The Bertz CT molecular complexity index is 652. The van der Waals surface area contributed by atoms with Crippen LogP contribution in [0.3, 0.4) is 0 Å². The van der Waals surface area contributed by atoms with E-state index in [1.807, 2.05) is 12.1 Å². The fraction of sp³-hybridized carbons (Fsp3) is 0.579. The van der Waals surface area contributed by atoms with Gasteiger partial charge in [-0.1, -0.05) is 19.1 Å². The molecule has 24 heavy (non-hydrogen) atoms. The molecule has 4 rings (SSSR count). The zero-order valence-corrected chi connectivity index (χ0v) is 14.2. The van der Waals surface area contributed by atoms with Gasteiger partial charge in [0.1, 0.15) is 0 Å². The van der Waals surface area contributed by atoms with E-state index in [0.29, 0.717) is 12.8 Å². The Kier molecular flexibility index (Phi) is 4.04. The van der Waals surface area contributed by atoms with E-state index in [1.165, 1.54) is 18.8 Å². The third kappa shape index (κ3) is 2.81. The predicted octanol–water partition coefficient (Wildman–Crippen LogP) is 1.84. The number of fused-ring (bicyclic) bond motifs is 1. The summed E-state index contributed by atoms with van der Waals surface area (Å²) in [4.78, 5) is 28.5. The third-order valence-electron chi connectivity index (χ3n) is 5.89. The van der Waals surface area contributed by atoms with E-state index in [9.17, 15) is 9.59 Å². The van der Waals surface area contributed by atoms with E-state index in [-0.39, 0.29) is 19.2 Å². The van der Waals surface area contributed by atoms with E-state index in [4.69, 9.17) is 0 Å². The number of benzene rings is 1. The molecule has 0 spiro atoms. The Labute approximate surface area is 144 Å². The first-order chi connectivity index (χ1) is 11.6. The van der Waals surface area contributed by atoms with Gasteiger partial charge in [0, 0.05) is 39.7 Å². The smallest absolute Gasteiger partial charge is 0.234 e. The van der Waals surface area contributed by atoms with Crippen LogP contribution in [0.1, 0.15) is 32.7 Å². The van der Waals surface area contributed by atoms with Gasteiger partial charge in [-0.25, -0.2) is 0 Å². The second-order valence-electron chi connectivity index (χ2n) is 7.38. The number of anilines is 1. The zero-order chi connectivity index (χ0) is 16.7. The van der Waals surface area contributed by atoms with Gasteiger partial charge in [-0.2, -0.15) is 0 Å². The summed E-state index contributed by atoms with van der Waals surface area (Å²) >= 11 is 0. The zero-order valence-electron chi connectivity index (χ0n) is 14.2. The molecule has 3 aliphatic rings. The molecule has 0 aromatic heterocycles. The highest BCUT2D eigenvalue weighted by Gasteiger charge is 2.39. The summed E-state index contributed by atoms with van der Waals surface area (Å²) in [7, 11) is 0. The van der Waals surface area contributed by atoms with E-state index in [2.05, 4.69) is 34.2 Å². The molecule has 5 nitrogen and oxygen atoms in total. The quantitative estimate of drug-likeness (QED) is 0.860. The molecule has 1 aromatic carbocycles. The Morgan fingerprint density at radius 2 is 1.92 bits per heavy atom. The van der Waals surface area contributed by atoms with Crippen LogP contribution in [-0.2, 0) is 9.59 Å². The fourth-order valence-corrected chi connectivity index (χ4v) is 4.51. The lowest BCUT2D eigenvalue weighted by Gasteiger charge is -2.25. The normalized spacial score (nSPS) is 30.5. The molecule has 3 unspecified atom stereocenters. The standard InChI is InChI=1S/C19H25N3O2.H2/c1-2-21-9-14-11-22(12-15(14)10-21)16-5-3-4-13(8-16)17-6-7-18(23)20-19(17)24;/h3-5,8,14-15,17H,2,6-7,9-12H2,1H3,(H,20,23,24);1H. The van der Waals surface area contributed by atoms with Gasteiger partial charge >= 0.3 is 0 Å². The van der Waals surface area contributed by atoms with Crippen LogP contribution >= 0.6 is 0 Å². The highest BCUT2D eigenvalue weighted by atomic mass is 16.2. The minimum absolute atomic E-state index is 0. The Morgan fingerprint density at radius 3 is 2.58 bits per heavy atom. The molecule has 3 heterocycles. The number of nitrogens with one attached hydrogen (secondary N) is 1. The number of amides is 2. The first-order valence-corrected chi connectivity index (χ1v) is 9.05. The number of hydrogen-bond acceptors (Lipinski definition) is 4. The van der Waals surface area contributed by atoms with Crippen LogP contribution in [0.4, 0.5) is 5.69 Å². The molecular weight excluding hydrogens is 302 g/mol. The molecule has 0 saturated carbocycles. The summed E-state index contributed by atoms with van der Waals surface area (Å²) in [6.45, 7) is 8.04. The highest BCUT2D eigenvalue weighted by Crippen LogP contribution is 2.35. The minimum atomic E-state index is -0.194. The molecule has 3 aliphatic heterocycles. The van der Waals surface area contributed by atoms with Crippen LogP contribution < -0.4 is 10.2 Å². The summed E-state index contributed by atoms with van der Waals surface area (Å²) in [5.41, 5.74) is 2.25. The molecule has 0 bridgehead atoms. The predicted molar refractivity (Wildman–Crippen MR) is 95.0 cm³/mol. The van der Waals surface area contributed by atoms with Crippen molar-refractivity contribution in [2.75, 3.05) is 37.6 Å². The Hall–Kier alpha value is -1.88. The van der Waals surface area contributed by atoms with E-state index in [1.54, 1.807) is 0 Å². The van der Waals surface area contributed by atoms with Gasteiger partial charge in [0.15, 0.2) is 0 Å². The Morgan fingerprint density at radius 1 is 1.17 bits per heavy atom. The summed E-state index contributed by atoms with van der Waals surface area (Å²) < 4.78 is 0. The van der Waals surface area contributed by atoms with Gasteiger partial charge in [-0.15, -0.1) is 0 Å². The SMILES string of the molecule is CCN1CC2CN(c3cccc(C4CCC(=O)NC4=O)c3)CC2C1.[HH]. The number of carbonyl (C=O) groups excluding carboxylic acids is 2. The molecule has 1 aromatic rings. The van der Waals surface area contributed by atoms with Crippen molar-refractivity contribution in [3.05, 3.63) is 29.8 Å². The van der Waals surface area contributed by atoms with Crippen molar-refractivity contribution < 1.29 is 11.0 Å². The van der Waals surface area contributed by atoms with Crippen molar-refractivity contribution in [1.29, 1.82) is 0 Å². The number of likely N-dealkylation sites (tertiary alicyclic amines) is 1. The van der Waals surface area contributed by atoms with E-state index >= 15 is 0 Å². The summed E-state index contributed by atoms with van der Waals surface area (Å²) in [6, 6.07) is 8.35. The maximum Gasteiger partial charge on any atom is 0.234 e. The molecule has 3 saturated heterocycles. The van der Waals surface area contributed by atoms with E-state index in [0.717, 1.165) is 37.0 Å². The lowest BCUT2D eigenvalue weighted by Crippen LogP contribution is -2.39. The van der Waals surface area contributed by atoms with Gasteiger partial charge in [-0.05, 0) is 42.5 Å².